The molecule has 3 heterocycles. The van der Waals surface area contributed by atoms with Crippen LogP contribution in [0.15, 0.2) is 54.6 Å². The van der Waals surface area contributed by atoms with Crippen LogP contribution < -0.4 is 4.74 Å². The van der Waals surface area contributed by atoms with Crippen LogP contribution in [0.1, 0.15) is 36.7 Å². The van der Waals surface area contributed by atoms with Gasteiger partial charge in [0.15, 0.2) is 0 Å². The Morgan fingerprint density at radius 2 is 1.83 bits per heavy atom. The number of benzene rings is 2. The van der Waals surface area contributed by atoms with E-state index in [1.807, 2.05) is 12.1 Å². The van der Waals surface area contributed by atoms with Crippen LogP contribution in [0.25, 0.3) is 10.9 Å². The van der Waals surface area contributed by atoms with Gasteiger partial charge in [0.2, 0.25) is 0 Å². The molecule has 0 saturated carbocycles. The Bertz CT molecular complexity index is 973. The van der Waals surface area contributed by atoms with Gasteiger partial charge >= 0.3 is 0 Å². The summed E-state index contributed by atoms with van der Waals surface area (Å²) in [6, 6.07) is 19.1. The minimum absolute atomic E-state index is 0.325. The summed E-state index contributed by atoms with van der Waals surface area (Å²) in [5.74, 6) is 1.89. The highest BCUT2D eigenvalue weighted by Crippen LogP contribution is 2.41. The Balaban J connectivity index is 1.21. The SMILES string of the molecule is COc1ccc2cc3n(c2c1)C(O)C(CC1CCN(Cc2ccccc2)CC1)C3. The number of rotatable bonds is 5. The average molecular weight is 391 g/mol. The largest absolute Gasteiger partial charge is 0.497 e. The number of hydrogen-bond acceptors (Lipinski definition) is 3. The summed E-state index contributed by atoms with van der Waals surface area (Å²) in [5, 5.41) is 12.3. The number of nitrogens with zero attached hydrogens (tertiary/aromatic N) is 2. The molecule has 1 aromatic heterocycles. The third-order valence-electron chi connectivity index (χ3n) is 6.88. The van der Waals surface area contributed by atoms with Gasteiger partial charge in [-0.3, -0.25) is 4.90 Å². The number of likely N-dealkylation sites (tertiary alicyclic amines) is 1. The number of piperidine rings is 1. The minimum Gasteiger partial charge on any atom is -0.497 e. The molecule has 0 aliphatic carbocycles. The molecule has 29 heavy (non-hydrogen) atoms. The van der Waals surface area contributed by atoms with Crippen LogP contribution in [-0.4, -0.2) is 34.8 Å². The van der Waals surface area contributed by atoms with E-state index >= 15 is 0 Å². The second kappa shape index (κ2) is 7.85. The van der Waals surface area contributed by atoms with Gasteiger partial charge < -0.3 is 14.4 Å². The maximum Gasteiger partial charge on any atom is 0.134 e. The normalized spacial score (nSPS) is 22.8. The molecule has 0 spiro atoms. The number of aromatic nitrogens is 1. The maximum absolute atomic E-state index is 11.1. The Labute approximate surface area is 172 Å². The van der Waals surface area contributed by atoms with E-state index in [1.165, 1.54) is 29.5 Å². The van der Waals surface area contributed by atoms with Crippen LogP contribution >= 0.6 is 0 Å². The molecule has 0 bridgehead atoms. The summed E-state index contributed by atoms with van der Waals surface area (Å²) in [6.07, 6.45) is 4.14. The fourth-order valence-electron chi connectivity index (χ4n) is 5.29. The zero-order valence-electron chi connectivity index (χ0n) is 17.1. The first-order chi connectivity index (χ1) is 14.2. The van der Waals surface area contributed by atoms with E-state index in [0.29, 0.717) is 11.8 Å². The van der Waals surface area contributed by atoms with Crippen molar-refractivity contribution in [2.24, 2.45) is 11.8 Å². The van der Waals surface area contributed by atoms with Gasteiger partial charge in [-0.25, -0.2) is 0 Å². The van der Waals surface area contributed by atoms with Crippen molar-refractivity contribution in [3.8, 4) is 5.75 Å². The molecule has 0 radical (unpaired) electrons. The van der Waals surface area contributed by atoms with E-state index in [1.54, 1.807) is 7.11 Å². The molecular weight excluding hydrogens is 360 g/mol. The fraction of sp³-hybridized carbons (Fsp3) is 0.440. The van der Waals surface area contributed by atoms with Crippen molar-refractivity contribution in [1.82, 2.24) is 9.47 Å². The summed E-state index contributed by atoms with van der Waals surface area (Å²) < 4.78 is 7.52. The van der Waals surface area contributed by atoms with E-state index in [9.17, 15) is 5.11 Å². The number of aliphatic hydroxyl groups excluding tert-OH is 1. The lowest BCUT2D eigenvalue weighted by atomic mass is 9.85. The Morgan fingerprint density at radius 1 is 1.03 bits per heavy atom. The van der Waals surface area contributed by atoms with Crippen molar-refractivity contribution in [2.75, 3.05) is 20.2 Å². The van der Waals surface area contributed by atoms with E-state index < -0.39 is 6.23 Å². The van der Waals surface area contributed by atoms with E-state index in [-0.39, 0.29) is 0 Å². The van der Waals surface area contributed by atoms with Crippen LogP contribution in [-0.2, 0) is 13.0 Å². The Kier molecular flexibility index (Phi) is 5.06. The smallest absolute Gasteiger partial charge is 0.134 e. The first kappa shape index (κ1) is 18.7. The van der Waals surface area contributed by atoms with E-state index in [2.05, 4.69) is 51.9 Å². The van der Waals surface area contributed by atoms with Crippen LogP contribution in [0.5, 0.6) is 5.75 Å². The summed E-state index contributed by atoms with van der Waals surface area (Å²) in [7, 11) is 1.69. The van der Waals surface area contributed by atoms with Crippen molar-refractivity contribution in [3.63, 3.8) is 0 Å². The average Bonchev–Trinajstić information content (AvgIpc) is 3.26. The zero-order valence-corrected chi connectivity index (χ0v) is 17.1. The lowest BCUT2D eigenvalue weighted by molar-refractivity contribution is 0.0470. The third-order valence-corrected chi connectivity index (χ3v) is 6.88. The number of aliphatic hydroxyl groups is 1. The number of fused-ring (bicyclic) bond motifs is 3. The monoisotopic (exact) mass is 390 g/mol. The predicted octanol–water partition coefficient (Wildman–Crippen LogP) is 4.62. The predicted molar refractivity (Wildman–Crippen MR) is 116 cm³/mol. The molecule has 3 aromatic rings. The summed E-state index contributed by atoms with van der Waals surface area (Å²) in [6.45, 7) is 3.38. The molecule has 1 N–H and O–H groups in total. The third kappa shape index (κ3) is 3.67. The first-order valence-corrected chi connectivity index (χ1v) is 10.8. The highest BCUT2D eigenvalue weighted by Gasteiger charge is 2.34. The van der Waals surface area contributed by atoms with Crippen molar-refractivity contribution in [3.05, 3.63) is 65.9 Å². The molecule has 2 unspecified atom stereocenters. The quantitative estimate of drug-likeness (QED) is 0.691. The molecule has 2 aliphatic heterocycles. The van der Waals surface area contributed by atoms with Gasteiger partial charge in [0.25, 0.3) is 0 Å². The first-order valence-electron chi connectivity index (χ1n) is 10.8. The molecule has 2 aromatic carbocycles. The van der Waals surface area contributed by atoms with Gasteiger partial charge in [-0.2, -0.15) is 0 Å². The van der Waals surface area contributed by atoms with Gasteiger partial charge in [-0.15, -0.1) is 0 Å². The number of hydrogen-bond donors (Lipinski definition) is 1. The van der Waals surface area contributed by atoms with Gasteiger partial charge in [-0.1, -0.05) is 30.3 Å². The second-order valence-corrected chi connectivity index (χ2v) is 8.75. The van der Waals surface area contributed by atoms with Crippen molar-refractivity contribution < 1.29 is 9.84 Å². The molecule has 1 saturated heterocycles. The van der Waals surface area contributed by atoms with Crippen LogP contribution in [0.3, 0.4) is 0 Å². The molecular formula is C25H30N2O2. The molecule has 4 heteroatoms. The van der Waals surface area contributed by atoms with Crippen LogP contribution in [0, 0.1) is 11.8 Å². The maximum atomic E-state index is 11.1. The van der Waals surface area contributed by atoms with Crippen molar-refractivity contribution in [1.29, 1.82) is 0 Å². The standard InChI is InChI=1S/C25H30N2O2/c1-29-23-8-7-20-14-22-15-21(25(28)27(22)24(20)16-23)13-18-9-11-26(12-10-18)17-19-5-3-2-4-6-19/h2-8,14,16,18,21,25,28H,9-13,15,17H2,1H3. The van der Waals surface area contributed by atoms with Crippen LogP contribution in [0.2, 0.25) is 0 Å². The zero-order chi connectivity index (χ0) is 19.8. The summed E-state index contributed by atoms with van der Waals surface area (Å²) in [4.78, 5) is 2.57. The highest BCUT2D eigenvalue weighted by molar-refractivity contribution is 5.83. The van der Waals surface area contributed by atoms with Gasteiger partial charge in [0, 0.05) is 29.6 Å². The highest BCUT2D eigenvalue weighted by atomic mass is 16.5. The van der Waals surface area contributed by atoms with E-state index in [4.69, 9.17) is 4.74 Å². The van der Waals surface area contributed by atoms with Gasteiger partial charge in [-0.05, 0) is 68.5 Å². The van der Waals surface area contributed by atoms with Crippen molar-refractivity contribution >= 4 is 10.9 Å². The number of methoxy groups -OCH3 is 1. The lowest BCUT2D eigenvalue weighted by Crippen LogP contribution is -2.34. The second-order valence-electron chi connectivity index (χ2n) is 8.75. The molecule has 4 nitrogen and oxygen atoms in total. The summed E-state index contributed by atoms with van der Waals surface area (Å²) >= 11 is 0. The van der Waals surface area contributed by atoms with Crippen LogP contribution in [0.4, 0.5) is 0 Å². The molecule has 152 valence electrons. The van der Waals surface area contributed by atoms with Crippen molar-refractivity contribution in [2.45, 2.75) is 38.5 Å². The fourth-order valence-corrected chi connectivity index (χ4v) is 5.29. The Hall–Kier alpha value is -2.30. The molecule has 5 rings (SSSR count). The number of ether oxygens (including phenoxy) is 1. The molecule has 1 fully saturated rings. The minimum atomic E-state index is -0.419. The summed E-state index contributed by atoms with van der Waals surface area (Å²) in [5.41, 5.74) is 3.75. The van der Waals surface area contributed by atoms with Gasteiger partial charge in [0.05, 0.1) is 12.6 Å². The lowest BCUT2D eigenvalue weighted by Gasteiger charge is -2.33. The van der Waals surface area contributed by atoms with E-state index in [0.717, 1.165) is 43.7 Å². The van der Waals surface area contributed by atoms with Gasteiger partial charge in [0.1, 0.15) is 12.0 Å². The Morgan fingerprint density at radius 3 is 2.59 bits per heavy atom. The topological polar surface area (TPSA) is 37.6 Å². The molecule has 2 atom stereocenters. The molecule has 0 amide bonds. The molecule has 2 aliphatic rings.